The van der Waals surface area contributed by atoms with Gasteiger partial charge in [-0.2, -0.15) is 11.8 Å². The van der Waals surface area contributed by atoms with Gasteiger partial charge < -0.3 is 19.8 Å². The summed E-state index contributed by atoms with van der Waals surface area (Å²) >= 11 is 12.5. The van der Waals surface area contributed by atoms with Crippen molar-refractivity contribution in [2.24, 2.45) is 4.99 Å². The minimum Gasteiger partial charge on any atom is -0.487 e. The lowest BCUT2D eigenvalue weighted by molar-refractivity contribution is 0.306. The molecule has 3 aromatic rings. The van der Waals surface area contributed by atoms with E-state index in [2.05, 4.69) is 74.5 Å². The molecular formula is C42H55ClFN3O2S2. The van der Waals surface area contributed by atoms with Crippen LogP contribution in [-0.2, 0) is 13.2 Å². The number of aliphatic imine (C=N–C) groups is 1. The van der Waals surface area contributed by atoms with Crippen LogP contribution in [0.25, 0.3) is 5.57 Å². The third-order valence-electron chi connectivity index (χ3n) is 6.71. The van der Waals surface area contributed by atoms with E-state index in [1.54, 1.807) is 42.1 Å². The largest absolute Gasteiger partial charge is 0.487 e. The molecule has 5 nitrogen and oxygen atoms in total. The van der Waals surface area contributed by atoms with Gasteiger partial charge in [-0.05, 0) is 99.4 Å². The molecule has 0 fully saturated rings. The van der Waals surface area contributed by atoms with Crippen LogP contribution in [0, 0.1) is 5.82 Å². The Kier molecular flexibility index (Phi) is 23.2. The number of anilines is 1. The molecule has 276 valence electrons. The highest BCUT2D eigenvalue weighted by atomic mass is 35.5. The minimum absolute atomic E-state index is 0.201. The summed E-state index contributed by atoms with van der Waals surface area (Å²) in [5.41, 5.74) is 5.45. The van der Waals surface area contributed by atoms with Crippen LogP contribution in [-0.4, -0.2) is 24.4 Å². The molecule has 1 heterocycles. The molecule has 2 aromatic carbocycles. The highest BCUT2D eigenvalue weighted by molar-refractivity contribution is 7.98. The lowest BCUT2D eigenvalue weighted by atomic mass is 10.0. The number of nitrogens with zero attached hydrogens (tertiary/aromatic N) is 1. The topological polar surface area (TPSA) is 58.8 Å². The Morgan fingerprint density at radius 1 is 1.06 bits per heavy atom. The summed E-state index contributed by atoms with van der Waals surface area (Å²) < 4.78 is 25.4. The van der Waals surface area contributed by atoms with Crippen molar-refractivity contribution in [2.45, 2.75) is 68.0 Å². The number of nitrogens with one attached hydrogen (secondary N) is 2. The molecule has 0 amide bonds. The van der Waals surface area contributed by atoms with Gasteiger partial charge >= 0.3 is 0 Å². The highest BCUT2D eigenvalue weighted by Gasteiger charge is 2.13. The third-order valence-corrected chi connectivity index (χ3v) is 8.08. The molecule has 51 heavy (non-hydrogen) atoms. The van der Waals surface area contributed by atoms with Crippen LogP contribution in [0.4, 0.5) is 10.1 Å². The SMILES string of the molecule is C=CN=C(Nc1ccc(OCc2cccc(F)c2)c(Cl)c1)C(/C=C(\C=C)c1ccc(CNCCSC)o1)=C(C)C.CC.CC/C(S)=C\C=C(C)C. The van der Waals surface area contributed by atoms with Gasteiger partial charge in [0.25, 0.3) is 0 Å². The number of hydrogen-bond acceptors (Lipinski definition) is 6. The van der Waals surface area contributed by atoms with E-state index >= 15 is 0 Å². The molecule has 0 saturated carbocycles. The maximum absolute atomic E-state index is 13.5. The van der Waals surface area contributed by atoms with E-state index in [1.807, 2.05) is 58.0 Å². The van der Waals surface area contributed by atoms with Gasteiger partial charge in [-0.1, -0.05) is 87.0 Å². The number of furan rings is 1. The van der Waals surface area contributed by atoms with Crippen LogP contribution >= 0.6 is 36.0 Å². The molecule has 2 N–H and O–H groups in total. The van der Waals surface area contributed by atoms with Gasteiger partial charge in [0.2, 0.25) is 0 Å². The van der Waals surface area contributed by atoms with E-state index in [1.165, 1.54) is 23.9 Å². The zero-order valence-electron chi connectivity index (χ0n) is 31.4. The lowest BCUT2D eigenvalue weighted by Gasteiger charge is -2.15. The zero-order valence-corrected chi connectivity index (χ0v) is 33.9. The van der Waals surface area contributed by atoms with Crippen LogP contribution in [0.3, 0.4) is 0 Å². The van der Waals surface area contributed by atoms with Crippen LogP contribution < -0.4 is 15.4 Å². The Morgan fingerprint density at radius 3 is 2.39 bits per heavy atom. The van der Waals surface area contributed by atoms with Gasteiger partial charge in [-0.25, -0.2) is 9.38 Å². The molecule has 0 aliphatic carbocycles. The highest BCUT2D eigenvalue weighted by Crippen LogP contribution is 2.30. The molecule has 0 atom stereocenters. The Morgan fingerprint density at radius 2 is 1.80 bits per heavy atom. The molecule has 0 aliphatic rings. The smallest absolute Gasteiger partial charge is 0.138 e. The average molecular weight is 753 g/mol. The van der Waals surface area contributed by atoms with Crippen molar-refractivity contribution in [3.05, 3.63) is 148 Å². The van der Waals surface area contributed by atoms with Gasteiger partial charge in [0, 0.05) is 35.3 Å². The summed E-state index contributed by atoms with van der Waals surface area (Å²) in [6.45, 7) is 23.8. The second-order valence-electron chi connectivity index (χ2n) is 11.3. The molecule has 0 unspecified atom stereocenters. The predicted octanol–water partition coefficient (Wildman–Crippen LogP) is 12.9. The second kappa shape index (κ2) is 26.1. The first kappa shape index (κ1) is 45.3. The van der Waals surface area contributed by atoms with Crippen LogP contribution in [0.5, 0.6) is 5.75 Å². The zero-order chi connectivity index (χ0) is 38.2. The van der Waals surface area contributed by atoms with Gasteiger partial charge in [-0.3, -0.25) is 0 Å². The van der Waals surface area contributed by atoms with Crippen LogP contribution in [0.15, 0.2) is 129 Å². The van der Waals surface area contributed by atoms with E-state index in [9.17, 15) is 4.39 Å². The Balaban J connectivity index is 0.00000103. The maximum Gasteiger partial charge on any atom is 0.138 e. The molecule has 0 bridgehead atoms. The van der Waals surface area contributed by atoms with E-state index in [0.717, 1.165) is 51.9 Å². The lowest BCUT2D eigenvalue weighted by Crippen LogP contribution is -2.15. The summed E-state index contributed by atoms with van der Waals surface area (Å²) in [4.78, 5) is 5.64. The summed E-state index contributed by atoms with van der Waals surface area (Å²) in [6, 6.07) is 15.5. The standard InChI is InChI=1S/C32H35ClFN3O2S.C8H14S.C2H6/c1-6-24(30-14-12-27(39-30)20-35-15-16-40-5)18-28(22(3)4)32(36-7-2)37-26-11-13-31(29(33)19-26)38-21-23-9-8-10-25(34)17-23;1-4-8(9)6-5-7(2)3;1-2/h6-14,17-19,35H,1-2,15-16,20-21H2,3-5H3,(H,36,37);5-6,9H,4H2,1-3H3;1-2H3/b24-18+;8-6+;. The monoisotopic (exact) mass is 751 g/mol. The summed E-state index contributed by atoms with van der Waals surface area (Å²) in [5, 5.41) is 7.14. The molecule has 3 rings (SSSR count). The molecule has 0 spiro atoms. The van der Waals surface area contributed by atoms with Crippen molar-refractivity contribution in [1.82, 2.24) is 5.32 Å². The van der Waals surface area contributed by atoms with Crippen molar-refractivity contribution in [1.29, 1.82) is 0 Å². The van der Waals surface area contributed by atoms with E-state index in [0.29, 0.717) is 34.4 Å². The van der Waals surface area contributed by atoms with Crippen molar-refractivity contribution in [2.75, 3.05) is 23.9 Å². The minimum atomic E-state index is -0.310. The number of benzene rings is 2. The number of ether oxygens (including phenoxy) is 1. The fourth-order valence-electron chi connectivity index (χ4n) is 4.11. The van der Waals surface area contributed by atoms with E-state index in [-0.39, 0.29) is 12.4 Å². The van der Waals surface area contributed by atoms with Crippen LogP contribution in [0.2, 0.25) is 5.02 Å². The normalized spacial score (nSPS) is 11.3. The number of hydrogen-bond donors (Lipinski definition) is 3. The van der Waals surface area contributed by atoms with Gasteiger partial charge in [0.15, 0.2) is 0 Å². The average Bonchev–Trinajstić information content (AvgIpc) is 3.58. The van der Waals surface area contributed by atoms with Crippen LogP contribution in [0.1, 0.15) is 72.0 Å². The Bertz CT molecular complexity index is 1680. The number of allylic oxidation sites excluding steroid dienone is 7. The molecule has 0 aliphatic heterocycles. The predicted molar refractivity (Wildman–Crippen MR) is 227 cm³/mol. The van der Waals surface area contributed by atoms with E-state index in [4.69, 9.17) is 20.8 Å². The number of thiol groups is 1. The second-order valence-corrected chi connectivity index (χ2v) is 13.2. The van der Waals surface area contributed by atoms with Gasteiger partial charge in [-0.15, -0.1) is 12.6 Å². The fraction of sp³-hybridized carbons (Fsp3) is 0.310. The number of amidine groups is 1. The van der Waals surface area contributed by atoms with Gasteiger partial charge in [0.05, 0.1) is 11.6 Å². The summed E-state index contributed by atoms with van der Waals surface area (Å²) in [5.74, 6) is 3.39. The molecular weight excluding hydrogens is 697 g/mol. The number of halogens is 2. The van der Waals surface area contributed by atoms with Crippen molar-refractivity contribution < 1.29 is 13.5 Å². The van der Waals surface area contributed by atoms with Gasteiger partial charge in [0.1, 0.15) is 35.5 Å². The van der Waals surface area contributed by atoms with E-state index < -0.39 is 0 Å². The molecule has 0 radical (unpaired) electrons. The first-order chi connectivity index (χ1) is 24.5. The van der Waals surface area contributed by atoms with Crippen molar-refractivity contribution in [3.8, 4) is 5.75 Å². The van der Waals surface area contributed by atoms with Crippen molar-refractivity contribution in [3.63, 3.8) is 0 Å². The third kappa shape index (κ3) is 17.9. The molecule has 0 saturated heterocycles. The maximum atomic E-state index is 13.5. The molecule has 1 aromatic heterocycles. The van der Waals surface area contributed by atoms with Crippen molar-refractivity contribution >= 4 is 53.1 Å². The Hall–Kier alpha value is -3.69. The first-order valence-corrected chi connectivity index (χ1v) is 19.2. The first-order valence-electron chi connectivity index (χ1n) is 17.0. The quantitative estimate of drug-likeness (QED) is 0.0447. The Labute approximate surface area is 321 Å². The summed E-state index contributed by atoms with van der Waals surface area (Å²) in [6.07, 6.45) is 12.5. The number of rotatable bonds is 16. The molecule has 9 heteroatoms. The fourth-order valence-corrected chi connectivity index (χ4v) is 4.77. The number of thioether (sulfide) groups is 1. The summed E-state index contributed by atoms with van der Waals surface area (Å²) in [7, 11) is 0.